The molecule has 0 bridgehead atoms. The summed E-state index contributed by atoms with van der Waals surface area (Å²) in [6.45, 7) is 4.12. The van der Waals surface area contributed by atoms with Crippen molar-refractivity contribution in [3.8, 4) is 0 Å². The van der Waals surface area contributed by atoms with Gasteiger partial charge in [0, 0.05) is 5.30 Å². The van der Waals surface area contributed by atoms with E-state index < -0.39 is 7.14 Å². The van der Waals surface area contributed by atoms with Crippen LogP contribution in [0.5, 0.6) is 0 Å². The van der Waals surface area contributed by atoms with Crippen LogP contribution in [-0.2, 0) is 4.57 Å². The van der Waals surface area contributed by atoms with Gasteiger partial charge in [0.15, 0.2) is 7.14 Å². The molecule has 1 nitrogen and oxygen atoms in total. The highest BCUT2D eigenvalue weighted by molar-refractivity contribution is 7.77. The van der Waals surface area contributed by atoms with Crippen LogP contribution in [0.15, 0.2) is 90.5 Å². The Bertz CT molecular complexity index is 890. The monoisotopic (exact) mass is 358 g/mol. The van der Waals surface area contributed by atoms with E-state index >= 15 is 0 Å². The number of aryl methyl sites for hydroxylation is 2. The second kappa shape index (κ2) is 8.17. The predicted molar refractivity (Wildman–Crippen MR) is 114 cm³/mol. The van der Waals surface area contributed by atoms with E-state index in [4.69, 9.17) is 0 Å². The lowest BCUT2D eigenvalue weighted by atomic mass is 10.1. The number of hydrogen-bond acceptors (Lipinski definition) is 1. The molecule has 0 spiro atoms. The first-order chi connectivity index (χ1) is 12.5. The fourth-order valence-corrected chi connectivity index (χ4v) is 4.50. The maximum Gasteiger partial charge on any atom is 0.157 e. The zero-order valence-corrected chi connectivity index (χ0v) is 16.1. The SMILES string of the molecule is Cc1ccc(/C=C/P(=O)(/C=C/c2ccc(C)cc2)c2ccccc2)cc1. The number of hydrogen-bond donors (Lipinski definition) is 0. The molecular weight excluding hydrogens is 335 g/mol. The quantitative estimate of drug-likeness (QED) is 0.468. The highest BCUT2D eigenvalue weighted by Gasteiger charge is 2.17. The summed E-state index contributed by atoms with van der Waals surface area (Å²) < 4.78 is 13.7. The van der Waals surface area contributed by atoms with Crippen LogP contribution in [0.1, 0.15) is 22.3 Å². The van der Waals surface area contributed by atoms with Gasteiger partial charge in [0.1, 0.15) is 0 Å². The van der Waals surface area contributed by atoms with E-state index in [1.807, 2.05) is 78.4 Å². The smallest absolute Gasteiger partial charge is 0.157 e. The summed E-state index contributed by atoms with van der Waals surface area (Å²) >= 11 is 0. The highest BCUT2D eigenvalue weighted by atomic mass is 31.2. The van der Waals surface area contributed by atoms with E-state index in [0.29, 0.717) is 0 Å². The molecule has 0 aliphatic carbocycles. The maximum atomic E-state index is 13.7. The van der Waals surface area contributed by atoms with Gasteiger partial charge in [0.05, 0.1) is 0 Å². The Morgan fingerprint density at radius 1 is 0.615 bits per heavy atom. The van der Waals surface area contributed by atoms with Gasteiger partial charge in [-0.25, -0.2) is 0 Å². The fourth-order valence-electron chi connectivity index (χ4n) is 2.63. The third-order valence-corrected chi connectivity index (χ3v) is 6.58. The maximum absolute atomic E-state index is 13.7. The molecule has 0 saturated carbocycles. The van der Waals surface area contributed by atoms with Crippen LogP contribution < -0.4 is 5.30 Å². The summed E-state index contributed by atoms with van der Waals surface area (Å²) in [7, 11) is -2.79. The van der Waals surface area contributed by atoms with Crippen LogP contribution in [0.4, 0.5) is 0 Å². The summed E-state index contributed by atoms with van der Waals surface area (Å²) in [5.41, 5.74) is 4.53. The highest BCUT2D eigenvalue weighted by Crippen LogP contribution is 2.48. The van der Waals surface area contributed by atoms with E-state index in [0.717, 1.165) is 16.4 Å². The van der Waals surface area contributed by atoms with Crippen LogP contribution in [0.25, 0.3) is 12.2 Å². The molecule has 0 saturated heterocycles. The molecule has 130 valence electrons. The van der Waals surface area contributed by atoms with Crippen molar-refractivity contribution in [2.45, 2.75) is 13.8 Å². The van der Waals surface area contributed by atoms with Crippen LogP contribution >= 0.6 is 7.14 Å². The first-order valence-corrected chi connectivity index (χ1v) is 10.6. The molecule has 0 amide bonds. The van der Waals surface area contributed by atoms with E-state index in [2.05, 4.69) is 38.1 Å². The Morgan fingerprint density at radius 2 is 1.04 bits per heavy atom. The molecule has 3 rings (SSSR count). The Labute approximate surface area is 156 Å². The summed E-state index contributed by atoms with van der Waals surface area (Å²) in [6.07, 6.45) is 3.90. The van der Waals surface area contributed by atoms with Gasteiger partial charge in [-0.15, -0.1) is 0 Å². The van der Waals surface area contributed by atoms with Gasteiger partial charge in [0.2, 0.25) is 0 Å². The van der Waals surface area contributed by atoms with E-state index in [1.54, 1.807) is 0 Å². The molecule has 3 aromatic rings. The van der Waals surface area contributed by atoms with Crippen LogP contribution in [0, 0.1) is 13.8 Å². The topological polar surface area (TPSA) is 17.1 Å². The fraction of sp³-hybridized carbons (Fsp3) is 0.0833. The Balaban J connectivity index is 1.95. The molecule has 3 aromatic carbocycles. The molecule has 0 unspecified atom stereocenters. The van der Waals surface area contributed by atoms with Gasteiger partial charge >= 0.3 is 0 Å². The number of rotatable bonds is 5. The normalized spacial score (nSPS) is 12.1. The molecule has 26 heavy (non-hydrogen) atoms. The van der Waals surface area contributed by atoms with Crippen molar-refractivity contribution in [1.82, 2.24) is 0 Å². The standard InChI is InChI=1S/C24H23OP/c1-20-8-12-22(13-9-20)16-18-26(25,24-6-4-3-5-7-24)19-17-23-14-10-21(2)11-15-23/h3-19H,1-2H3/b18-16+,19-17+. The van der Waals surface area contributed by atoms with Crippen molar-refractivity contribution >= 4 is 24.6 Å². The molecule has 0 fully saturated rings. The van der Waals surface area contributed by atoms with Gasteiger partial charge < -0.3 is 4.57 Å². The number of benzene rings is 3. The lowest BCUT2D eigenvalue weighted by Crippen LogP contribution is -1.99. The molecule has 0 aliphatic heterocycles. The molecule has 0 radical (unpaired) electrons. The summed E-state index contributed by atoms with van der Waals surface area (Å²) in [4.78, 5) is 0. The van der Waals surface area contributed by atoms with E-state index in [9.17, 15) is 4.57 Å². The Kier molecular flexibility index (Phi) is 5.71. The molecule has 0 atom stereocenters. The zero-order chi connectivity index (χ0) is 18.4. The van der Waals surface area contributed by atoms with Gasteiger partial charge in [-0.2, -0.15) is 0 Å². The summed E-state index contributed by atoms with van der Waals surface area (Å²) in [5.74, 6) is 3.69. The van der Waals surface area contributed by atoms with Gasteiger partial charge in [0.25, 0.3) is 0 Å². The van der Waals surface area contributed by atoms with Crippen molar-refractivity contribution in [3.05, 3.63) is 113 Å². The minimum absolute atomic E-state index is 0.840. The van der Waals surface area contributed by atoms with Crippen LogP contribution in [-0.4, -0.2) is 0 Å². The first kappa shape index (κ1) is 18.2. The molecule has 0 N–H and O–H groups in total. The second-order valence-electron chi connectivity index (χ2n) is 6.50. The first-order valence-electron chi connectivity index (χ1n) is 8.72. The third-order valence-electron chi connectivity index (χ3n) is 4.29. The molecular formula is C24H23OP. The van der Waals surface area contributed by atoms with Gasteiger partial charge in [-0.3, -0.25) is 0 Å². The second-order valence-corrected chi connectivity index (χ2v) is 9.03. The largest absolute Gasteiger partial charge is 0.310 e. The minimum atomic E-state index is -2.79. The van der Waals surface area contributed by atoms with Gasteiger partial charge in [-0.05, 0) is 36.6 Å². The minimum Gasteiger partial charge on any atom is -0.310 e. The molecule has 0 aromatic heterocycles. The van der Waals surface area contributed by atoms with Crippen molar-refractivity contribution in [3.63, 3.8) is 0 Å². The molecule has 0 aliphatic rings. The molecule has 2 heteroatoms. The van der Waals surface area contributed by atoms with Crippen molar-refractivity contribution in [2.75, 3.05) is 0 Å². The Morgan fingerprint density at radius 3 is 1.46 bits per heavy atom. The third kappa shape index (κ3) is 4.71. The lowest BCUT2D eigenvalue weighted by molar-refractivity contribution is 0.592. The van der Waals surface area contributed by atoms with Crippen molar-refractivity contribution in [2.24, 2.45) is 0 Å². The Hall–Kier alpha value is -2.63. The molecule has 0 heterocycles. The van der Waals surface area contributed by atoms with E-state index in [-0.39, 0.29) is 0 Å². The summed E-state index contributed by atoms with van der Waals surface area (Å²) in [5, 5.41) is 0.840. The summed E-state index contributed by atoms with van der Waals surface area (Å²) in [6, 6.07) is 26.1. The van der Waals surface area contributed by atoms with Crippen molar-refractivity contribution in [1.29, 1.82) is 0 Å². The lowest BCUT2D eigenvalue weighted by Gasteiger charge is -2.10. The van der Waals surface area contributed by atoms with Crippen LogP contribution in [0.2, 0.25) is 0 Å². The van der Waals surface area contributed by atoms with E-state index in [1.165, 1.54) is 11.1 Å². The predicted octanol–water partition coefficient (Wildman–Crippen LogP) is 6.63. The van der Waals surface area contributed by atoms with Crippen molar-refractivity contribution < 1.29 is 4.57 Å². The average molecular weight is 358 g/mol. The van der Waals surface area contributed by atoms with Gasteiger partial charge in [-0.1, -0.05) is 102 Å². The average Bonchev–Trinajstić information content (AvgIpc) is 2.68. The zero-order valence-electron chi connectivity index (χ0n) is 15.2. The van der Waals surface area contributed by atoms with Crippen LogP contribution in [0.3, 0.4) is 0 Å².